The van der Waals surface area contributed by atoms with Gasteiger partial charge < -0.3 is 4.98 Å². The van der Waals surface area contributed by atoms with E-state index in [1.165, 1.54) is 17.5 Å². The van der Waals surface area contributed by atoms with Crippen LogP contribution in [0.25, 0.3) is 17.2 Å². The van der Waals surface area contributed by atoms with E-state index >= 15 is 0 Å². The molecule has 2 heterocycles. The second-order valence-corrected chi connectivity index (χ2v) is 4.55. The van der Waals surface area contributed by atoms with Gasteiger partial charge in [0.15, 0.2) is 5.82 Å². The van der Waals surface area contributed by atoms with E-state index in [1.54, 1.807) is 0 Å². The van der Waals surface area contributed by atoms with E-state index in [1.807, 2.05) is 30.3 Å². The van der Waals surface area contributed by atoms with Crippen molar-refractivity contribution in [3.63, 3.8) is 0 Å². The Labute approximate surface area is 114 Å². The molecule has 0 aliphatic heterocycles. The number of aromatic amines is 1. The highest BCUT2D eigenvalue weighted by Crippen LogP contribution is 2.14. The van der Waals surface area contributed by atoms with Gasteiger partial charge in [-0.1, -0.05) is 30.3 Å². The van der Waals surface area contributed by atoms with Crippen molar-refractivity contribution >= 4 is 11.6 Å². The Morgan fingerprint density at radius 2 is 2.05 bits per heavy atom. The largest absolute Gasteiger partial charge is 0.327 e. The van der Waals surface area contributed by atoms with Gasteiger partial charge in [0.2, 0.25) is 5.78 Å². The minimum atomic E-state index is -0.301. The van der Waals surface area contributed by atoms with Crippen molar-refractivity contribution < 1.29 is 4.79 Å². The van der Waals surface area contributed by atoms with Gasteiger partial charge in [0.25, 0.3) is 5.56 Å². The lowest BCUT2D eigenvalue weighted by molar-refractivity contribution is -0.116. The first kappa shape index (κ1) is 12.3. The molecule has 0 unspecified atom stereocenters. The molecule has 0 fully saturated rings. The fraction of sp³-hybridized carbons (Fsp3) is 0.143. The summed E-state index contributed by atoms with van der Waals surface area (Å²) < 4.78 is 1.20. The highest BCUT2D eigenvalue weighted by atomic mass is 16.1. The van der Waals surface area contributed by atoms with Gasteiger partial charge in [-0.3, -0.25) is 9.59 Å². The Morgan fingerprint density at radius 3 is 2.75 bits per heavy atom. The number of nitrogens with zero attached hydrogens (tertiary/aromatic N) is 3. The van der Waals surface area contributed by atoms with E-state index < -0.39 is 0 Å². The molecular formula is C14H12N4O2. The van der Waals surface area contributed by atoms with Crippen LogP contribution in [0.15, 0.2) is 41.2 Å². The maximum Gasteiger partial charge on any atom is 0.275 e. The molecule has 0 bridgehead atoms. The number of carbonyl (C=O) groups is 1. The first-order valence-corrected chi connectivity index (χ1v) is 6.17. The fourth-order valence-corrected chi connectivity index (χ4v) is 2.01. The van der Waals surface area contributed by atoms with Crippen molar-refractivity contribution in [2.24, 2.45) is 0 Å². The molecule has 0 spiro atoms. The highest BCUT2D eigenvalue weighted by Gasteiger charge is 2.10. The Balaban J connectivity index is 2.14. The summed E-state index contributed by atoms with van der Waals surface area (Å²) >= 11 is 0. The third-order valence-corrected chi connectivity index (χ3v) is 2.86. The Hall–Kier alpha value is -2.76. The Bertz CT molecular complexity index is 833. The number of hydrogen-bond donors (Lipinski definition) is 1. The minimum Gasteiger partial charge on any atom is -0.327 e. The van der Waals surface area contributed by atoms with Crippen LogP contribution in [0, 0.1) is 0 Å². The molecule has 6 nitrogen and oxygen atoms in total. The number of fused-ring (bicyclic) bond motifs is 1. The molecule has 2 aromatic heterocycles. The lowest BCUT2D eigenvalue weighted by atomic mass is 10.2. The maximum absolute atomic E-state index is 12.0. The van der Waals surface area contributed by atoms with Crippen LogP contribution in [0.3, 0.4) is 0 Å². The summed E-state index contributed by atoms with van der Waals surface area (Å²) in [6.45, 7) is 1.47. The smallest absolute Gasteiger partial charge is 0.275 e. The summed E-state index contributed by atoms with van der Waals surface area (Å²) in [5.74, 6) is 0.791. The van der Waals surface area contributed by atoms with Gasteiger partial charge in [-0.15, -0.1) is 5.10 Å². The molecule has 1 N–H and O–H groups in total. The zero-order valence-corrected chi connectivity index (χ0v) is 10.8. The van der Waals surface area contributed by atoms with Crippen LogP contribution in [-0.2, 0) is 11.2 Å². The van der Waals surface area contributed by atoms with E-state index in [9.17, 15) is 9.59 Å². The van der Waals surface area contributed by atoms with Crippen LogP contribution in [0.2, 0.25) is 0 Å². The van der Waals surface area contributed by atoms with Crippen molar-refractivity contribution in [1.82, 2.24) is 19.6 Å². The number of Topliss-reactive ketones (excluding diaryl/α,β-unsaturated/α-hetero) is 1. The zero-order chi connectivity index (χ0) is 14.1. The van der Waals surface area contributed by atoms with E-state index in [0.29, 0.717) is 17.3 Å². The van der Waals surface area contributed by atoms with Crippen LogP contribution < -0.4 is 5.56 Å². The van der Waals surface area contributed by atoms with Crippen molar-refractivity contribution in [3.05, 3.63) is 52.4 Å². The summed E-state index contributed by atoms with van der Waals surface area (Å²) in [5.41, 5.74) is 1.07. The quantitative estimate of drug-likeness (QED) is 0.774. The number of H-pyrrole nitrogens is 1. The van der Waals surface area contributed by atoms with Crippen molar-refractivity contribution in [1.29, 1.82) is 0 Å². The van der Waals surface area contributed by atoms with E-state index in [0.717, 1.165) is 5.56 Å². The average molecular weight is 268 g/mol. The normalized spacial score (nSPS) is 10.8. The van der Waals surface area contributed by atoms with Gasteiger partial charge >= 0.3 is 0 Å². The molecule has 3 aromatic rings. The predicted molar refractivity (Wildman–Crippen MR) is 73.4 cm³/mol. The summed E-state index contributed by atoms with van der Waals surface area (Å²) in [6.07, 6.45) is 0.180. The Kier molecular flexibility index (Phi) is 2.90. The first-order valence-electron chi connectivity index (χ1n) is 6.17. The van der Waals surface area contributed by atoms with Gasteiger partial charge in [0, 0.05) is 23.7 Å². The number of nitrogens with one attached hydrogen (secondary N) is 1. The van der Waals surface area contributed by atoms with Crippen LogP contribution in [-0.4, -0.2) is 25.4 Å². The molecule has 6 heteroatoms. The molecule has 20 heavy (non-hydrogen) atoms. The summed E-state index contributed by atoms with van der Waals surface area (Å²) in [4.78, 5) is 30.3. The lowest BCUT2D eigenvalue weighted by Gasteiger charge is -1.97. The number of carbonyl (C=O) groups excluding carboxylic acids is 1. The van der Waals surface area contributed by atoms with Crippen LogP contribution in [0.5, 0.6) is 0 Å². The number of rotatable bonds is 3. The molecule has 100 valence electrons. The molecule has 0 saturated carbocycles. The second kappa shape index (κ2) is 4.73. The molecule has 0 aliphatic rings. The van der Waals surface area contributed by atoms with Gasteiger partial charge in [0.05, 0.1) is 0 Å². The number of hydrogen-bond acceptors (Lipinski definition) is 4. The molecule has 3 rings (SSSR count). The van der Waals surface area contributed by atoms with Crippen molar-refractivity contribution in [2.45, 2.75) is 13.3 Å². The first-order chi connectivity index (χ1) is 9.63. The standard InChI is InChI=1S/C14H12N4O2/c1-9(19)7-11-8-12(20)18-14(15-11)16-13(17-18)10-5-3-2-4-6-10/h2-6,8H,7H2,1H3,(H,15,16,17). The van der Waals surface area contributed by atoms with E-state index in [2.05, 4.69) is 15.1 Å². The average Bonchev–Trinajstić information content (AvgIpc) is 2.83. The highest BCUT2D eigenvalue weighted by molar-refractivity contribution is 5.77. The van der Waals surface area contributed by atoms with E-state index in [-0.39, 0.29) is 17.8 Å². The summed E-state index contributed by atoms with van der Waals surface area (Å²) in [5, 5.41) is 4.18. The topological polar surface area (TPSA) is 80.1 Å². The third kappa shape index (κ3) is 2.23. The summed E-state index contributed by atoms with van der Waals surface area (Å²) in [6, 6.07) is 10.8. The fourth-order valence-electron chi connectivity index (χ4n) is 2.01. The molecule has 0 atom stereocenters. The van der Waals surface area contributed by atoms with Crippen LogP contribution >= 0.6 is 0 Å². The van der Waals surface area contributed by atoms with Gasteiger partial charge in [-0.2, -0.15) is 9.50 Å². The third-order valence-electron chi connectivity index (χ3n) is 2.86. The molecular weight excluding hydrogens is 256 g/mol. The number of aromatic nitrogens is 4. The van der Waals surface area contributed by atoms with Gasteiger partial charge in [-0.25, -0.2) is 0 Å². The van der Waals surface area contributed by atoms with Crippen molar-refractivity contribution in [3.8, 4) is 11.4 Å². The number of ketones is 1. The van der Waals surface area contributed by atoms with E-state index in [4.69, 9.17) is 0 Å². The second-order valence-electron chi connectivity index (χ2n) is 4.55. The van der Waals surface area contributed by atoms with Gasteiger partial charge in [0.1, 0.15) is 5.78 Å². The lowest BCUT2D eigenvalue weighted by Crippen LogP contribution is -2.16. The molecule has 0 radical (unpaired) electrons. The minimum absolute atomic E-state index is 0.0206. The van der Waals surface area contributed by atoms with Crippen LogP contribution in [0.1, 0.15) is 12.6 Å². The van der Waals surface area contributed by atoms with Crippen molar-refractivity contribution in [2.75, 3.05) is 0 Å². The summed E-state index contributed by atoms with van der Waals surface area (Å²) in [7, 11) is 0. The monoisotopic (exact) mass is 268 g/mol. The van der Waals surface area contributed by atoms with Crippen LogP contribution in [0.4, 0.5) is 0 Å². The predicted octanol–water partition coefficient (Wildman–Crippen LogP) is 1.22. The molecule has 0 saturated heterocycles. The maximum atomic E-state index is 12.0. The van der Waals surface area contributed by atoms with Gasteiger partial charge in [-0.05, 0) is 6.92 Å². The molecule has 0 aliphatic carbocycles. The SMILES string of the molecule is CC(=O)Cc1cc(=O)n2nc(-c3ccccc3)nc2[nH]1. The Morgan fingerprint density at radius 1 is 1.30 bits per heavy atom. The molecule has 1 aromatic carbocycles. The zero-order valence-electron chi connectivity index (χ0n) is 10.8. The molecule has 0 amide bonds. The number of benzene rings is 1.